The van der Waals surface area contributed by atoms with E-state index in [1.165, 1.54) is 13.0 Å². The first-order chi connectivity index (χ1) is 12.7. The Kier molecular flexibility index (Phi) is 5.60. The molecule has 0 aromatic heterocycles. The molecule has 3 aliphatic rings. The molecule has 0 N–H and O–H groups in total. The van der Waals surface area contributed by atoms with Crippen LogP contribution in [0.1, 0.15) is 47.0 Å². The molecule has 2 saturated heterocycles. The molecule has 0 saturated carbocycles. The smallest absolute Gasteiger partial charge is 0.350 e. The van der Waals surface area contributed by atoms with Crippen LogP contribution < -0.4 is 0 Å². The van der Waals surface area contributed by atoms with Gasteiger partial charge in [-0.05, 0) is 39.7 Å². The minimum absolute atomic E-state index is 0.0774. The van der Waals surface area contributed by atoms with E-state index in [1.54, 1.807) is 6.92 Å². The largest absolute Gasteiger partial charge is 0.462 e. The average Bonchev–Trinajstić information content (AvgIpc) is 3.14. The second-order valence-corrected chi connectivity index (χ2v) is 8.23. The van der Waals surface area contributed by atoms with Gasteiger partial charge in [0.05, 0.1) is 12.6 Å². The zero-order valence-electron chi connectivity index (χ0n) is 16.5. The molecule has 0 aromatic rings. The molecule has 7 heteroatoms. The van der Waals surface area contributed by atoms with Gasteiger partial charge in [0.25, 0.3) is 0 Å². The number of allylic oxidation sites excluding steroid dienone is 1. The zero-order chi connectivity index (χ0) is 19.8. The van der Waals surface area contributed by atoms with Crippen LogP contribution in [0, 0.1) is 11.8 Å². The van der Waals surface area contributed by atoms with Crippen molar-refractivity contribution in [3.8, 4) is 0 Å². The molecular formula is C20H29NO6. The molecule has 0 amide bonds. The first kappa shape index (κ1) is 19.9. The van der Waals surface area contributed by atoms with Gasteiger partial charge in [0.2, 0.25) is 5.60 Å². The van der Waals surface area contributed by atoms with Gasteiger partial charge in [-0.15, -0.1) is 0 Å². The summed E-state index contributed by atoms with van der Waals surface area (Å²) in [7, 11) is 0. The molecule has 3 rings (SSSR count). The Morgan fingerprint density at radius 3 is 2.70 bits per heavy atom. The maximum Gasteiger partial charge on any atom is 0.350 e. The first-order valence-electron chi connectivity index (χ1n) is 9.69. The number of hydrogen-bond donors (Lipinski definition) is 0. The van der Waals surface area contributed by atoms with Crippen LogP contribution >= 0.6 is 0 Å². The molecule has 5 atom stereocenters. The number of carbonyl (C=O) groups is 3. The monoisotopic (exact) mass is 379 g/mol. The van der Waals surface area contributed by atoms with Gasteiger partial charge in [0.15, 0.2) is 0 Å². The Morgan fingerprint density at radius 1 is 1.30 bits per heavy atom. The number of hydrogen-bond acceptors (Lipinski definition) is 7. The van der Waals surface area contributed by atoms with E-state index in [4.69, 9.17) is 14.2 Å². The Morgan fingerprint density at radius 2 is 2.00 bits per heavy atom. The lowest BCUT2D eigenvalue weighted by molar-refractivity contribution is -0.186. The lowest BCUT2D eigenvalue weighted by atomic mass is 9.85. The molecule has 7 nitrogen and oxygen atoms in total. The summed E-state index contributed by atoms with van der Waals surface area (Å²) in [6.45, 7) is 8.54. The standard InChI is InChI=1S/C20H29NO6/c1-12-9-13(2)20(4,27-14(3)22)19(24)25-11-15-5-7-21-8-6-16(18(15)21)26-17(23)10-12/h10,13,15-16,18H,5-9,11H2,1-4H3/b12-10-/t13-,15-,16-,18-,20-/m1/s1. The molecule has 0 bridgehead atoms. The summed E-state index contributed by atoms with van der Waals surface area (Å²) in [6.07, 6.45) is 3.42. The molecule has 2 fully saturated rings. The van der Waals surface area contributed by atoms with Crippen molar-refractivity contribution in [3.63, 3.8) is 0 Å². The van der Waals surface area contributed by atoms with Crippen molar-refractivity contribution in [3.05, 3.63) is 11.6 Å². The van der Waals surface area contributed by atoms with Crippen molar-refractivity contribution in [1.29, 1.82) is 0 Å². The molecule has 0 aromatic carbocycles. The first-order valence-corrected chi connectivity index (χ1v) is 9.69. The van der Waals surface area contributed by atoms with E-state index in [-0.39, 0.29) is 36.6 Å². The highest BCUT2D eigenvalue weighted by atomic mass is 16.6. The van der Waals surface area contributed by atoms with Crippen molar-refractivity contribution in [2.75, 3.05) is 19.7 Å². The minimum Gasteiger partial charge on any atom is -0.462 e. The van der Waals surface area contributed by atoms with Crippen LogP contribution in [0.2, 0.25) is 0 Å². The Labute approximate surface area is 160 Å². The Balaban J connectivity index is 1.90. The fraction of sp³-hybridized carbons (Fsp3) is 0.750. The molecule has 3 heterocycles. The van der Waals surface area contributed by atoms with Gasteiger partial charge in [-0.2, -0.15) is 0 Å². The lowest BCUT2D eigenvalue weighted by Gasteiger charge is -2.33. The van der Waals surface area contributed by atoms with Crippen LogP contribution in [0.3, 0.4) is 0 Å². The van der Waals surface area contributed by atoms with Gasteiger partial charge >= 0.3 is 17.9 Å². The summed E-state index contributed by atoms with van der Waals surface area (Å²) in [4.78, 5) is 39.2. The minimum atomic E-state index is -1.40. The third-order valence-corrected chi connectivity index (χ3v) is 6.16. The van der Waals surface area contributed by atoms with Gasteiger partial charge in [-0.1, -0.05) is 12.5 Å². The highest BCUT2D eigenvalue weighted by molar-refractivity contribution is 5.84. The molecule has 0 radical (unpaired) electrons. The topological polar surface area (TPSA) is 82.1 Å². The van der Waals surface area contributed by atoms with Gasteiger partial charge < -0.3 is 14.2 Å². The summed E-state index contributed by atoms with van der Waals surface area (Å²) >= 11 is 0. The van der Waals surface area contributed by atoms with Crippen LogP contribution in [-0.2, 0) is 28.6 Å². The quantitative estimate of drug-likeness (QED) is 0.508. The van der Waals surface area contributed by atoms with E-state index in [9.17, 15) is 14.4 Å². The Hall–Kier alpha value is -1.89. The van der Waals surface area contributed by atoms with E-state index in [2.05, 4.69) is 4.90 Å². The van der Waals surface area contributed by atoms with Crippen molar-refractivity contribution in [2.45, 2.75) is 64.7 Å². The highest BCUT2D eigenvalue weighted by Gasteiger charge is 2.48. The second kappa shape index (κ2) is 7.62. The molecular weight excluding hydrogens is 350 g/mol. The van der Waals surface area contributed by atoms with Gasteiger partial charge in [-0.3, -0.25) is 9.69 Å². The van der Waals surface area contributed by atoms with E-state index < -0.39 is 17.5 Å². The van der Waals surface area contributed by atoms with Crippen molar-refractivity contribution in [1.82, 2.24) is 4.90 Å². The predicted octanol–water partition coefficient (Wildman–Crippen LogP) is 1.84. The number of nitrogens with zero attached hydrogens (tertiary/aromatic N) is 1. The SMILES string of the molecule is CC(=O)O[C@@]1(C)C(=O)OC[C@H]2CCN3CC[C@@H](OC(=O)/C=C(/C)C[C@H]1C)[C@@H]23. The number of rotatable bonds is 1. The van der Waals surface area contributed by atoms with Crippen LogP contribution in [0.15, 0.2) is 11.6 Å². The van der Waals surface area contributed by atoms with Gasteiger partial charge in [0, 0.05) is 31.4 Å². The van der Waals surface area contributed by atoms with Crippen LogP contribution in [0.5, 0.6) is 0 Å². The maximum absolute atomic E-state index is 12.9. The van der Waals surface area contributed by atoms with E-state index in [1.807, 2.05) is 13.8 Å². The fourth-order valence-electron chi connectivity index (χ4n) is 4.61. The molecule has 27 heavy (non-hydrogen) atoms. The second-order valence-electron chi connectivity index (χ2n) is 8.23. The van der Waals surface area contributed by atoms with Crippen molar-refractivity contribution >= 4 is 17.9 Å². The van der Waals surface area contributed by atoms with E-state index in [0.717, 1.165) is 31.5 Å². The third-order valence-electron chi connectivity index (χ3n) is 6.16. The van der Waals surface area contributed by atoms with Crippen LogP contribution in [0.4, 0.5) is 0 Å². The zero-order valence-corrected chi connectivity index (χ0v) is 16.5. The van der Waals surface area contributed by atoms with Crippen LogP contribution in [0.25, 0.3) is 0 Å². The summed E-state index contributed by atoms with van der Waals surface area (Å²) in [5.74, 6) is -1.65. The number of carbonyl (C=O) groups excluding carboxylic acids is 3. The number of esters is 3. The lowest BCUT2D eigenvalue weighted by Crippen LogP contribution is -2.48. The number of cyclic esters (lactones) is 1. The predicted molar refractivity (Wildman–Crippen MR) is 96.6 cm³/mol. The summed E-state index contributed by atoms with van der Waals surface area (Å²) in [5, 5.41) is 0. The average molecular weight is 379 g/mol. The summed E-state index contributed by atoms with van der Waals surface area (Å²) in [6, 6.07) is 0.0774. The maximum atomic E-state index is 12.9. The van der Waals surface area contributed by atoms with Crippen LogP contribution in [-0.4, -0.2) is 60.3 Å². The van der Waals surface area contributed by atoms with E-state index >= 15 is 0 Å². The normalized spacial score (nSPS) is 39.8. The third kappa shape index (κ3) is 4.03. The molecule has 3 aliphatic heterocycles. The summed E-state index contributed by atoms with van der Waals surface area (Å²) in [5.41, 5.74) is -0.623. The fourth-order valence-corrected chi connectivity index (χ4v) is 4.61. The van der Waals surface area contributed by atoms with Gasteiger partial charge in [0.1, 0.15) is 6.10 Å². The van der Waals surface area contributed by atoms with Crippen molar-refractivity contribution < 1.29 is 28.6 Å². The molecule has 150 valence electrons. The highest BCUT2D eigenvalue weighted by Crippen LogP contribution is 2.36. The molecule has 0 unspecified atom stereocenters. The summed E-state index contributed by atoms with van der Waals surface area (Å²) < 4.78 is 16.8. The number of ether oxygens (including phenoxy) is 3. The van der Waals surface area contributed by atoms with E-state index in [0.29, 0.717) is 6.42 Å². The van der Waals surface area contributed by atoms with Gasteiger partial charge in [-0.25, -0.2) is 9.59 Å². The molecule has 0 spiro atoms. The van der Waals surface area contributed by atoms with Crippen molar-refractivity contribution in [2.24, 2.45) is 11.8 Å². The Bertz CT molecular complexity index is 659. The molecule has 0 aliphatic carbocycles.